The van der Waals surface area contributed by atoms with E-state index in [0.717, 1.165) is 16.7 Å². The Labute approximate surface area is 110 Å². The second-order valence-electron chi connectivity index (χ2n) is 3.65. The Kier molecular flexibility index (Phi) is 4.26. The number of benzene rings is 1. The maximum absolute atomic E-state index is 8.67. The van der Waals surface area contributed by atoms with Gasteiger partial charge in [0, 0.05) is 25.2 Å². The first kappa shape index (κ1) is 12.5. The molecule has 0 amide bonds. The van der Waals surface area contributed by atoms with Crippen LogP contribution in [0.15, 0.2) is 41.8 Å². The molecule has 0 spiro atoms. The van der Waals surface area contributed by atoms with Crippen molar-refractivity contribution >= 4 is 11.8 Å². The summed E-state index contributed by atoms with van der Waals surface area (Å²) in [5, 5.41) is 9.66. The van der Waals surface area contributed by atoms with Gasteiger partial charge in [-0.1, -0.05) is 11.8 Å². The molecule has 4 nitrogen and oxygen atoms in total. The van der Waals surface area contributed by atoms with E-state index in [1.165, 1.54) is 0 Å². The van der Waals surface area contributed by atoms with Crippen LogP contribution in [-0.2, 0) is 7.05 Å². The highest BCUT2D eigenvalue weighted by atomic mass is 32.2. The zero-order valence-electron chi connectivity index (χ0n) is 10.0. The third kappa shape index (κ3) is 3.28. The predicted octanol–water partition coefficient (Wildman–Crippen LogP) is 2.46. The zero-order chi connectivity index (χ0) is 12.8. The number of aryl methyl sites for hydroxylation is 1. The standard InChI is InChI=1S/C13H13N3OS/c1-16-7-6-15-13(16)18-9-8-17-12-4-2-11(10-14)3-5-12/h2-7H,8-9H2,1H3. The van der Waals surface area contributed by atoms with Crippen molar-refractivity contribution in [3.05, 3.63) is 42.2 Å². The van der Waals surface area contributed by atoms with Gasteiger partial charge in [-0.05, 0) is 24.3 Å². The zero-order valence-corrected chi connectivity index (χ0v) is 10.9. The van der Waals surface area contributed by atoms with Crippen LogP contribution in [0.25, 0.3) is 0 Å². The van der Waals surface area contributed by atoms with Crippen LogP contribution >= 0.6 is 11.8 Å². The van der Waals surface area contributed by atoms with Crippen LogP contribution in [-0.4, -0.2) is 21.9 Å². The molecule has 0 bridgehead atoms. The summed E-state index contributed by atoms with van der Waals surface area (Å²) in [6, 6.07) is 9.20. The Morgan fingerprint density at radius 1 is 1.39 bits per heavy atom. The average Bonchev–Trinajstić information content (AvgIpc) is 2.81. The third-order valence-electron chi connectivity index (χ3n) is 2.34. The molecule has 1 aromatic heterocycles. The number of ether oxygens (including phenoxy) is 1. The first-order chi connectivity index (χ1) is 8.79. The average molecular weight is 259 g/mol. The van der Waals surface area contributed by atoms with E-state index in [2.05, 4.69) is 11.1 Å². The summed E-state index contributed by atoms with van der Waals surface area (Å²) in [6.07, 6.45) is 3.70. The number of nitrogens with zero attached hydrogens (tertiary/aromatic N) is 3. The highest BCUT2D eigenvalue weighted by Gasteiger charge is 2.00. The molecule has 2 rings (SSSR count). The molecular weight excluding hydrogens is 246 g/mol. The van der Waals surface area contributed by atoms with Crippen molar-refractivity contribution in [2.45, 2.75) is 5.16 Å². The summed E-state index contributed by atoms with van der Waals surface area (Å²) in [5.74, 6) is 1.62. The van der Waals surface area contributed by atoms with E-state index in [0.29, 0.717) is 12.2 Å². The maximum Gasteiger partial charge on any atom is 0.167 e. The molecule has 1 heterocycles. The molecule has 0 radical (unpaired) electrons. The normalized spacial score (nSPS) is 10.0. The molecule has 0 aliphatic rings. The van der Waals surface area contributed by atoms with Gasteiger partial charge in [-0.3, -0.25) is 0 Å². The number of thioether (sulfide) groups is 1. The lowest BCUT2D eigenvalue weighted by Gasteiger charge is -2.05. The van der Waals surface area contributed by atoms with E-state index >= 15 is 0 Å². The van der Waals surface area contributed by atoms with Crippen molar-refractivity contribution in [3.8, 4) is 11.8 Å². The summed E-state index contributed by atoms with van der Waals surface area (Å²) < 4.78 is 7.55. The van der Waals surface area contributed by atoms with Crippen molar-refractivity contribution in [1.29, 1.82) is 5.26 Å². The van der Waals surface area contributed by atoms with E-state index < -0.39 is 0 Å². The molecule has 0 unspecified atom stereocenters. The number of nitriles is 1. The Bertz CT molecular complexity index is 542. The highest BCUT2D eigenvalue weighted by Crippen LogP contribution is 2.16. The van der Waals surface area contributed by atoms with Crippen molar-refractivity contribution in [2.75, 3.05) is 12.4 Å². The molecule has 0 atom stereocenters. The molecule has 5 heteroatoms. The molecule has 0 fully saturated rings. The van der Waals surface area contributed by atoms with Gasteiger partial charge in [0.1, 0.15) is 5.75 Å². The Morgan fingerprint density at radius 3 is 2.78 bits per heavy atom. The summed E-state index contributed by atoms with van der Waals surface area (Å²) in [7, 11) is 1.97. The lowest BCUT2D eigenvalue weighted by atomic mass is 10.2. The lowest BCUT2D eigenvalue weighted by Crippen LogP contribution is -2.01. The van der Waals surface area contributed by atoms with Crippen LogP contribution in [0.1, 0.15) is 5.56 Å². The van der Waals surface area contributed by atoms with Crippen LogP contribution in [0.3, 0.4) is 0 Å². The topological polar surface area (TPSA) is 50.8 Å². The van der Waals surface area contributed by atoms with Gasteiger partial charge < -0.3 is 9.30 Å². The fraction of sp³-hybridized carbons (Fsp3) is 0.231. The van der Waals surface area contributed by atoms with Gasteiger partial charge in [-0.2, -0.15) is 5.26 Å². The van der Waals surface area contributed by atoms with E-state index in [1.54, 1.807) is 30.1 Å². The van der Waals surface area contributed by atoms with E-state index in [9.17, 15) is 0 Å². The molecule has 0 aliphatic carbocycles. The summed E-state index contributed by atoms with van der Waals surface area (Å²) >= 11 is 1.66. The lowest BCUT2D eigenvalue weighted by molar-refractivity contribution is 0.344. The summed E-state index contributed by atoms with van der Waals surface area (Å²) in [5.41, 5.74) is 0.643. The number of aromatic nitrogens is 2. The molecule has 0 saturated carbocycles. The molecule has 92 valence electrons. The Morgan fingerprint density at radius 2 is 2.17 bits per heavy atom. The van der Waals surface area contributed by atoms with Crippen LogP contribution < -0.4 is 4.74 Å². The van der Waals surface area contributed by atoms with Crippen molar-refractivity contribution in [2.24, 2.45) is 7.05 Å². The molecule has 0 saturated heterocycles. The number of rotatable bonds is 5. The third-order valence-corrected chi connectivity index (χ3v) is 3.37. The van der Waals surface area contributed by atoms with Gasteiger partial charge in [-0.15, -0.1) is 0 Å². The van der Waals surface area contributed by atoms with Gasteiger partial charge in [0.15, 0.2) is 5.16 Å². The minimum absolute atomic E-state index is 0.615. The second kappa shape index (κ2) is 6.12. The van der Waals surface area contributed by atoms with Gasteiger partial charge in [-0.25, -0.2) is 4.98 Å². The van der Waals surface area contributed by atoms with Gasteiger partial charge >= 0.3 is 0 Å². The highest BCUT2D eigenvalue weighted by molar-refractivity contribution is 7.99. The first-order valence-corrected chi connectivity index (χ1v) is 6.51. The molecule has 0 aliphatic heterocycles. The van der Waals surface area contributed by atoms with E-state index in [-0.39, 0.29) is 0 Å². The quantitative estimate of drug-likeness (QED) is 0.611. The fourth-order valence-corrected chi connectivity index (χ4v) is 2.16. The van der Waals surface area contributed by atoms with Gasteiger partial charge in [0.2, 0.25) is 0 Å². The predicted molar refractivity (Wildman–Crippen MR) is 70.6 cm³/mol. The monoisotopic (exact) mass is 259 g/mol. The summed E-state index contributed by atoms with van der Waals surface area (Å²) in [6.45, 7) is 0.615. The van der Waals surface area contributed by atoms with Crippen LogP contribution in [0.2, 0.25) is 0 Å². The maximum atomic E-state index is 8.67. The molecule has 1 aromatic carbocycles. The minimum atomic E-state index is 0.615. The Hall–Kier alpha value is -1.93. The smallest absolute Gasteiger partial charge is 0.167 e. The van der Waals surface area contributed by atoms with E-state index in [4.69, 9.17) is 10.00 Å². The van der Waals surface area contributed by atoms with Crippen molar-refractivity contribution in [1.82, 2.24) is 9.55 Å². The fourth-order valence-electron chi connectivity index (χ4n) is 1.41. The molecule has 2 aromatic rings. The minimum Gasteiger partial charge on any atom is -0.493 e. The van der Waals surface area contributed by atoms with Crippen LogP contribution in [0.4, 0.5) is 0 Å². The Balaban J connectivity index is 1.75. The van der Waals surface area contributed by atoms with Crippen molar-refractivity contribution in [3.63, 3.8) is 0 Å². The summed E-state index contributed by atoms with van der Waals surface area (Å²) in [4.78, 5) is 4.22. The molecular formula is C13H13N3OS. The number of hydrogen-bond donors (Lipinski definition) is 0. The van der Waals surface area contributed by atoms with Gasteiger partial charge in [0.25, 0.3) is 0 Å². The SMILES string of the molecule is Cn1ccnc1SCCOc1ccc(C#N)cc1. The van der Waals surface area contributed by atoms with Crippen molar-refractivity contribution < 1.29 is 4.74 Å². The van der Waals surface area contributed by atoms with E-state index in [1.807, 2.05) is 29.9 Å². The van der Waals surface area contributed by atoms with Crippen LogP contribution in [0.5, 0.6) is 5.75 Å². The first-order valence-electron chi connectivity index (χ1n) is 5.52. The largest absolute Gasteiger partial charge is 0.493 e. The van der Waals surface area contributed by atoms with Crippen LogP contribution in [0, 0.1) is 11.3 Å². The molecule has 0 N–H and O–H groups in total. The number of imidazole rings is 1. The van der Waals surface area contributed by atoms with Gasteiger partial charge in [0.05, 0.1) is 18.2 Å². The second-order valence-corrected chi connectivity index (χ2v) is 4.72. The molecule has 18 heavy (non-hydrogen) atoms. The number of hydrogen-bond acceptors (Lipinski definition) is 4.